The predicted molar refractivity (Wildman–Crippen MR) is 92.0 cm³/mol. The molecule has 5 nitrogen and oxygen atoms in total. The first-order chi connectivity index (χ1) is 12.5. The van der Waals surface area contributed by atoms with Gasteiger partial charge < -0.3 is 9.84 Å². The maximum Gasteiger partial charge on any atom is 0.573 e. The molecule has 1 unspecified atom stereocenters. The third-order valence-electron chi connectivity index (χ3n) is 3.90. The zero-order valence-electron chi connectivity index (χ0n) is 14.5. The van der Waals surface area contributed by atoms with Gasteiger partial charge in [0, 0.05) is 5.90 Å². The van der Waals surface area contributed by atoms with Crippen LogP contribution in [0.2, 0.25) is 0 Å². The summed E-state index contributed by atoms with van der Waals surface area (Å²) in [4.78, 5) is -0.415. The molecule has 0 aliphatic carbocycles. The normalized spacial score (nSPS) is 14.0. The highest BCUT2D eigenvalue weighted by Crippen LogP contribution is 2.24. The molecule has 0 N–H and O–H groups in total. The fourth-order valence-corrected chi connectivity index (χ4v) is 3.13. The van der Waals surface area contributed by atoms with Crippen LogP contribution in [0.3, 0.4) is 0 Å². The molecule has 2 aromatic rings. The van der Waals surface area contributed by atoms with Crippen LogP contribution in [0.25, 0.3) is 0 Å². The van der Waals surface area contributed by atoms with Crippen molar-refractivity contribution < 1.29 is 31.4 Å². The molecule has 0 saturated heterocycles. The molecule has 27 heavy (non-hydrogen) atoms. The molecule has 0 bridgehead atoms. The summed E-state index contributed by atoms with van der Waals surface area (Å²) >= 11 is 0. The monoisotopic (exact) mass is 400 g/mol. The van der Waals surface area contributed by atoms with E-state index in [4.69, 9.17) is 0 Å². The molecule has 0 radical (unpaired) electrons. The number of alkyl halides is 3. The van der Waals surface area contributed by atoms with Gasteiger partial charge in [-0.25, -0.2) is 0 Å². The molecule has 0 aliphatic heterocycles. The molecule has 2 aromatic carbocycles. The first-order valence-electron chi connectivity index (χ1n) is 8.00. The topological polar surface area (TPSA) is 78.8 Å². The van der Waals surface area contributed by atoms with Gasteiger partial charge in [0.25, 0.3) is 10.0 Å². The highest BCUT2D eigenvalue weighted by atomic mass is 32.2. The second-order valence-corrected chi connectivity index (χ2v) is 7.43. The summed E-state index contributed by atoms with van der Waals surface area (Å²) in [6, 6.07) is 9.88. The number of rotatable bonds is 6. The highest BCUT2D eigenvalue weighted by molar-refractivity contribution is 7.90. The number of halogens is 3. The van der Waals surface area contributed by atoms with Crippen molar-refractivity contribution in [3.63, 3.8) is 0 Å². The van der Waals surface area contributed by atoms with Crippen LogP contribution >= 0.6 is 0 Å². The van der Waals surface area contributed by atoms with E-state index in [1.54, 1.807) is 12.1 Å². The van der Waals surface area contributed by atoms with Crippen molar-refractivity contribution in [2.75, 3.05) is 0 Å². The van der Waals surface area contributed by atoms with Crippen LogP contribution in [0.1, 0.15) is 37.3 Å². The van der Waals surface area contributed by atoms with Gasteiger partial charge in [0.15, 0.2) is 0 Å². The molecular formula is C18H17F3NO4S-. The van der Waals surface area contributed by atoms with Crippen LogP contribution in [-0.4, -0.2) is 20.7 Å². The summed E-state index contributed by atoms with van der Waals surface area (Å²) in [7, 11) is -4.36. The summed E-state index contributed by atoms with van der Waals surface area (Å²) in [6.07, 6.45) is -3.97. The fourth-order valence-electron chi connectivity index (χ4n) is 2.22. The first-order valence-corrected chi connectivity index (χ1v) is 9.44. The number of ether oxygens (including phenoxy) is 1. The van der Waals surface area contributed by atoms with E-state index < -0.39 is 32.9 Å². The Hall–Kier alpha value is -2.55. The second kappa shape index (κ2) is 7.99. The van der Waals surface area contributed by atoms with Gasteiger partial charge in [-0.05, 0) is 47.7 Å². The third-order valence-corrected chi connectivity index (χ3v) is 5.17. The molecule has 0 amide bonds. The Morgan fingerprint density at radius 3 is 2.15 bits per heavy atom. The largest absolute Gasteiger partial charge is 0.858 e. The summed E-state index contributed by atoms with van der Waals surface area (Å²) in [5, 5.41) is 12.1. The maximum absolute atomic E-state index is 12.2. The molecule has 9 heteroatoms. The van der Waals surface area contributed by atoms with Gasteiger partial charge in [-0.2, -0.15) is 12.8 Å². The number of hydrogen-bond acceptors (Lipinski definition) is 4. The van der Waals surface area contributed by atoms with E-state index in [2.05, 4.69) is 9.13 Å². The molecular weight excluding hydrogens is 383 g/mol. The Morgan fingerprint density at radius 1 is 1.11 bits per heavy atom. The summed E-state index contributed by atoms with van der Waals surface area (Å²) in [6.45, 7) is 4.05. The van der Waals surface area contributed by atoms with Crippen LogP contribution in [0.4, 0.5) is 13.2 Å². The van der Waals surface area contributed by atoms with Crippen molar-refractivity contribution in [3.8, 4) is 5.75 Å². The zero-order chi connectivity index (χ0) is 20.2. The summed E-state index contributed by atoms with van der Waals surface area (Å²) in [5.41, 5.74) is 1.11. The van der Waals surface area contributed by atoms with Gasteiger partial charge in [0.2, 0.25) is 0 Å². The average Bonchev–Trinajstić information content (AvgIpc) is 2.60. The number of sulfonamides is 1. The lowest BCUT2D eigenvalue weighted by atomic mass is 9.98. The van der Waals surface area contributed by atoms with Crippen LogP contribution in [-0.2, 0) is 10.0 Å². The molecule has 2 rings (SSSR count). The number of nitrogens with zero attached hydrogens (tertiary/aromatic N) is 1. The Labute approximate surface area is 155 Å². The van der Waals surface area contributed by atoms with Crippen molar-refractivity contribution in [3.05, 3.63) is 59.7 Å². The average molecular weight is 400 g/mol. The minimum atomic E-state index is -4.89. The molecule has 0 saturated carbocycles. The van der Waals surface area contributed by atoms with E-state index in [0.717, 1.165) is 36.2 Å². The summed E-state index contributed by atoms with van der Waals surface area (Å²) in [5.74, 6) is -1.23. The van der Waals surface area contributed by atoms with Gasteiger partial charge >= 0.3 is 6.36 Å². The Bertz CT molecular complexity index is 905. The molecule has 146 valence electrons. The maximum atomic E-state index is 12.2. The third kappa shape index (κ3) is 5.72. The van der Waals surface area contributed by atoms with Gasteiger partial charge in [-0.3, -0.25) is 0 Å². The van der Waals surface area contributed by atoms with Crippen molar-refractivity contribution in [1.82, 2.24) is 0 Å². The van der Waals surface area contributed by atoms with Gasteiger partial charge in [-0.15, -0.1) is 13.2 Å². The van der Waals surface area contributed by atoms with Crippen LogP contribution in [0.15, 0.2) is 57.8 Å². The standard InChI is InChI=1S/C18H18F3NO4S/c1-3-12(2)13-4-6-14(7-5-13)17(23)22-27(24,25)16-10-8-15(9-11-16)26-18(19,20)21/h4-12H,3H2,1-2H3,(H,22,23)/p-1. The smallest absolute Gasteiger partial charge is 0.573 e. The Morgan fingerprint density at radius 2 is 1.67 bits per heavy atom. The number of hydrogen-bond donors (Lipinski definition) is 0. The Kier molecular flexibility index (Phi) is 6.15. The van der Waals surface area contributed by atoms with Crippen molar-refractivity contribution >= 4 is 15.9 Å². The van der Waals surface area contributed by atoms with Crippen LogP contribution in [0, 0.1) is 0 Å². The van der Waals surface area contributed by atoms with Crippen molar-refractivity contribution in [2.24, 2.45) is 4.40 Å². The molecule has 0 heterocycles. The second-order valence-electron chi connectivity index (χ2n) is 5.82. The van der Waals surface area contributed by atoms with Gasteiger partial charge in [-0.1, -0.05) is 38.1 Å². The lowest BCUT2D eigenvalue weighted by molar-refractivity contribution is -0.274. The zero-order valence-corrected chi connectivity index (χ0v) is 15.3. The van der Waals surface area contributed by atoms with Gasteiger partial charge in [0.05, 0.1) is 4.90 Å². The molecule has 0 aromatic heterocycles. The molecule has 0 aliphatic rings. The number of benzene rings is 2. The van der Waals surface area contributed by atoms with Gasteiger partial charge in [0.1, 0.15) is 5.75 Å². The quantitative estimate of drug-likeness (QED) is 0.548. The minimum absolute atomic E-state index is 0.0997. The van der Waals surface area contributed by atoms with Crippen LogP contribution in [0.5, 0.6) is 5.75 Å². The van der Waals surface area contributed by atoms with E-state index >= 15 is 0 Å². The van der Waals surface area contributed by atoms with Crippen LogP contribution < -0.4 is 9.84 Å². The first kappa shape index (κ1) is 20.8. The van der Waals surface area contributed by atoms with E-state index in [1.165, 1.54) is 12.1 Å². The van der Waals surface area contributed by atoms with Crippen molar-refractivity contribution in [1.29, 1.82) is 0 Å². The SMILES string of the molecule is CCC(C)c1ccc(/C([O-])=N/S(=O)(=O)c2ccc(OC(F)(F)F)cc2)cc1. The summed E-state index contributed by atoms with van der Waals surface area (Å²) < 4.78 is 67.7. The minimum Gasteiger partial charge on any atom is -0.858 e. The lowest BCUT2D eigenvalue weighted by Gasteiger charge is -2.14. The van der Waals surface area contributed by atoms with E-state index in [9.17, 15) is 26.7 Å². The molecule has 0 spiro atoms. The Balaban J connectivity index is 2.23. The highest BCUT2D eigenvalue weighted by Gasteiger charge is 2.31. The lowest BCUT2D eigenvalue weighted by Crippen LogP contribution is -2.21. The fraction of sp³-hybridized carbons (Fsp3) is 0.278. The van der Waals surface area contributed by atoms with E-state index in [-0.39, 0.29) is 5.56 Å². The van der Waals surface area contributed by atoms with E-state index in [0.29, 0.717) is 5.92 Å². The molecule has 1 atom stereocenters. The van der Waals surface area contributed by atoms with E-state index in [1.807, 2.05) is 13.8 Å². The van der Waals surface area contributed by atoms with Crippen molar-refractivity contribution in [2.45, 2.75) is 37.4 Å². The predicted octanol–water partition coefficient (Wildman–Crippen LogP) is 3.59. The molecule has 0 fully saturated rings.